The highest BCUT2D eigenvalue weighted by Gasteiger charge is 2.24. The zero-order chi connectivity index (χ0) is 14.4. The standard InChI is InChI=1S/C16H24N2O2/c1-2-12-6-3-4-9-15(12)18-16(19)11-20-14-8-5-7-13(17)10-14/h5,7-8,10,12,15H,2-4,6,9,11,17H2,1H3,(H,18,19). The van der Waals surface area contributed by atoms with Crippen molar-refractivity contribution in [3.63, 3.8) is 0 Å². The molecule has 1 fully saturated rings. The highest BCUT2D eigenvalue weighted by atomic mass is 16.5. The van der Waals surface area contributed by atoms with Gasteiger partial charge in [0.2, 0.25) is 0 Å². The fourth-order valence-electron chi connectivity index (χ4n) is 2.89. The Bertz CT molecular complexity index is 448. The summed E-state index contributed by atoms with van der Waals surface area (Å²) >= 11 is 0. The van der Waals surface area contributed by atoms with Crippen molar-refractivity contribution in [3.05, 3.63) is 24.3 Å². The van der Waals surface area contributed by atoms with Crippen LogP contribution in [0.2, 0.25) is 0 Å². The SMILES string of the molecule is CCC1CCCCC1NC(=O)COc1cccc(N)c1. The Kier molecular flexibility index (Phi) is 5.27. The topological polar surface area (TPSA) is 64.3 Å². The summed E-state index contributed by atoms with van der Waals surface area (Å²) in [7, 11) is 0. The van der Waals surface area contributed by atoms with E-state index in [0.717, 1.165) is 12.8 Å². The molecule has 0 spiro atoms. The van der Waals surface area contributed by atoms with Crippen molar-refractivity contribution in [2.45, 2.75) is 45.1 Å². The summed E-state index contributed by atoms with van der Waals surface area (Å²) in [5.41, 5.74) is 6.31. The van der Waals surface area contributed by atoms with Gasteiger partial charge in [0.05, 0.1) is 0 Å². The maximum absolute atomic E-state index is 12.0. The molecule has 1 aromatic carbocycles. The lowest BCUT2D eigenvalue weighted by Crippen LogP contribution is -2.43. The van der Waals surface area contributed by atoms with Crippen LogP contribution in [0.1, 0.15) is 39.0 Å². The molecule has 20 heavy (non-hydrogen) atoms. The molecule has 1 amide bonds. The Morgan fingerprint density at radius 2 is 2.20 bits per heavy atom. The van der Waals surface area contributed by atoms with Crippen molar-refractivity contribution < 1.29 is 9.53 Å². The smallest absolute Gasteiger partial charge is 0.258 e. The molecule has 1 saturated carbocycles. The number of carbonyl (C=O) groups is 1. The summed E-state index contributed by atoms with van der Waals surface area (Å²) in [6, 6.07) is 7.45. The minimum absolute atomic E-state index is 0.0437. The van der Waals surface area contributed by atoms with Crippen LogP contribution in [0.25, 0.3) is 0 Å². The molecule has 2 rings (SSSR count). The summed E-state index contributed by atoms with van der Waals surface area (Å²) in [5, 5.41) is 3.11. The number of rotatable bonds is 5. The Morgan fingerprint density at radius 3 is 2.95 bits per heavy atom. The Labute approximate surface area is 120 Å². The van der Waals surface area contributed by atoms with Crippen LogP contribution in [0.5, 0.6) is 5.75 Å². The summed E-state index contributed by atoms with van der Waals surface area (Å²) in [5.74, 6) is 1.20. The maximum atomic E-state index is 12.0. The molecular weight excluding hydrogens is 252 g/mol. The zero-order valence-corrected chi connectivity index (χ0v) is 12.1. The van der Waals surface area contributed by atoms with E-state index in [9.17, 15) is 4.79 Å². The highest BCUT2D eigenvalue weighted by Crippen LogP contribution is 2.26. The van der Waals surface area contributed by atoms with Crippen LogP contribution in [-0.2, 0) is 4.79 Å². The van der Waals surface area contributed by atoms with Crippen molar-refractivity contribution in [1.29, 1.82) is 0 Å². The normalized spacial score (nSPS) is 22.2. The van der Waals surface area contributed by atoms with Gasteiger partial charge in [-0.3, -0.25) is 4.79 Å². The number of nitrogens with two attached hydrogens (primary N) is 1. The fraction of sp³-hybridized carbons (Fsp3) is 0.562. The van der Waals surface area contributed by atoms with Gasteiger partial charge >= 0.3 is 0 Å². The van der Waals surface area contributed by atoms with Gasteiger partial charge < -0.3 is 15.8 Å². The van der Waals surface area contributed by atoms with Crippen LogP contribution in [0, 0.1) is 5.92 Å². The van der Waals surface area contributed by atoms with Crippen molar-refractivity contribution in [2.24, 2.45) is 5.92 Å². The number of anilines is 1. The molecule has 0 saturated heterocycles. The number of nitrogens with one attached hydrogen (secondary N) is 1. The molecule has 0 aliphatic heterocycles. The van der Waals surface area contributed by atoms with Crippen molar-refractivity contribution >= 4 is 11.6 Å². The molecule has 2 atom stereocenters. The number of hydrogen-bond acceptors (Lipinski definition) is 3. The molecule has 0 bridgehead atoms. The minimum atomic E-state index is -0.0437. The van der Waals surface area contributed by atoms with E-state index in [0.29, 0.717) is 23.4 Å². The first-order valence-corrected chi connectivity index (χ1v) is 7.46. The molecule has 0 radical (unpaired) electrons. The average molecular weight is 276 g/mol. The van der Waals surface area contributed by atoms with E-state index in [-0.39, 0.29) is 12.5 Å². The van der Waals surface area contributed by atoms with Gasteiger partial charge in [-0.05, 0) is 30.9 Å². The van der Waals surface area contributed by atoms with Crippen LogP contribution in [0.3, 0.4) is 0 Å². The van der Waals surface area contributed by atoms with Gasteiger partial charge in [0.1, 0.15) is 5.75 Å². The van der Waals surface area contributed by atoms with Gasteiger partial charge in [0.25, 0.3) is 5.91 Å². The first-order valence-electron chi connectivity index (χ1n) is 7.46. The van der Waals surface area contributed by atoms with E-state index < -0.39 is 0 Å². The monoisotopic (exact) mass is 276 g/mol. The Balaban J connectivity index is 1.80. The molecule has 4 heteroatoms. The quantitative estimate of drug-likeness (QED) is 0.813. The second-order valence-electron chi connectivity index (χ2n) is 5.49. The molecule has 0 heterocycles. The van der Waals surface area contributed by atoms with E-state index in [1.807, 2.05) is 6.07 Å². The summed E-state index contributed by atoms with van der Waals surface area (Å²) in [4.78, 5) is 12.0. The van der Waals surface area contributed by atoms with Crippen molar-refractivity contribution in [2.75, 3.05) is 12.3 Å². The minimum Gasteiger partial charge on any atom is -0.484 e. The molecular formula is C16H24N2O2. The second kappa shape index (κ2) is 7.17. The number of amides is 1. The average Bonchev–Trinajstić information content (AvgIpc) is 2.46. The largest absolute Gasteiger partial charge is 0.484 e. The molecule has 0 aromatic heterocycles. The van der Waals surface area contributed by atoms with Crippen LogP contribution in [0.4, 0.5) is 5.69 Å². The number of carbonyl (C=O) groups excluding carboxylic acids is 1. The van der Waals surface area contributed by atoms with E-state index in [2.05, 4.69) is 12.2 Å². The molecule has 110 valence electrons. The van der Waals surface area contributed by atoms with Gasteiger partial charge in [-0.15, -0.1) is 0 Å². The summed E-state index contributed by atoms with van der Waals surface area (Å²) in [6.07, 6.45) is 5.92. The van der Waals surface area contributed by atoms with Crippen LogP contribution in [0.15, 0.2) is 24.3 Å². The first-order chi connectivity index (χ1) is 9.69. The second-order valence-corrected chi connectivity index (χ2v) is 5.49. The lowest BCUT2D eigenvalue weighted by Gasteiger charge is -2.31. The lowest BCUT2D eigenvalue weighted by molar-refractivity contribution is -0.124. The first kappa shape index (κ1) is 14.7. The molecule has 2 unspecified atom stereocenters. The van der Waals surface area contributed by atoms with Crippen LogP contribution in [-0.4, -0.2) is 18.6 Å². The highest BCUT2D eigenvalue weighted by molar-refractivity contribution is 5.77. The zero-order valence-electron chi connectivity index (χ0n) is 12.1. The number of hydrogen-bond donors (Lipinski definition) is 2. The third kappa shape index (κ3) is 4.15. The number of benzene rings is 1. The van der Waals surface area contributed by atoms with Gasteiger partial charge in [-0.25, -0.2) is 0 Å². The molecule has 1 aromatic rings. The van der Waals surface area contributed by atoms with E-state index in [1.54, 1.807) is 18.2 Å². The fourth-order valence-corrected chi connectivity index (χ4v) is 2.89. The van der Waals surface area contributed by atoms with E-state index in [4.69, 9.17) is 10.5 Å². The van der Waals surface area contributed by atoms with Gasteiger partial charge in [0.15, 0.2) is 6.61 Å². The van der Waals surface area contributed by atoms with E-state index >= 15 is 0 Å². The predicted octanol–water partition coefficient (Wildman–Crippen LogP) is 2.73. The third-order valence-corrected chi connectivity index (χ3v) is 4.01. The number of nitrogen functional groups attached to an aromatic ring is 1. The maximum Gasteiger partial charge on any atom is 0.258 e. The van der Waals surface area contributed by atoms with Crippen molar-refractivity contribution in [1.82, 2.24) is 5.32 Å². The van der Waals surface area contributed by atoms with Crippen LogP contribution < -0.4 is 15.8 Å². The molecule has 3 N–H and O–H groups in total. The number of ether oxygens (including phenoxy) is 1. The Hall–Kier alpha value is -1.71. The van der Waals surface area contributed by atoms with Crippen molar-refractivity contribution in [3.8, 4) is 5.75 Å². The van der Waals surface area contributed by atoms with E-state index in [1.165, 1.54) is 19.3 Å². The molecule has 1 aliphatic carbocycles. The van der Waals surface area contributed by atoms with Crippen LogP contribution >= 0.6 is 0 Å². The summed E-state index contributed by atoms with van der Waals surface area (Å²) in [6.45, 7) is 2.24. The van der Waals surface area contributed by atoms with Gasteiger partial charge in [-0.1, -0.05) is 32.3 Å². The molecule has 1 aliphatic rings. The molecule has 4 nitrogen and oxygen atoms in total. The van der Waals surface area contributed by atoms with Gasteiger partial charge in [0, 0.05) is 17.8 Å². The third-order valence-electron chi connectivity index (χ3n) is 4.01. The summed E-state index contributed by atoms with van der Waals surface area (Å²) < 4.78 is 5.47. The Morgan fingerprint density at radius 1 is 1.40 bits per heavy atom. The lowest BCUT2D eigenvalue weighted by atomic mass is 9.83. The van der Waals surface area contributed by atoms with Gasteiger partial charge in [-0.2, -0.15) is 0 Å². The predicted molar refractivity (Wildman–Crippen MR) is 80.5 cm³/mol.